The first-order valence-corrected chi connectivity index (χ1v) is 9.29. The minimum atomic E-state index is -4.49. The number of hydrogen-bond donors (Lipinski definition) is 1. The van der Waals surface area contributed by atoms with E-state index in [-0.39, 0.29) is 5.13 Å². The van der Waals surface area contributed by atoms with Crippen LogP contribution in [-0.2, 0) is 10.9 Å². The molecule has 1 aromatic carbocycles. The molecule has 28 heavy (non-hydrogen) atoms. The van der Waals surface area contributed by atoms with Crippen molar-refractivity contribution in [3.8, 4) is 5.75 Å². The molecule has 7 nitrogen and oxygen atoms in total. The van der Waals surface area contributed by atoms with Crippen molar-refractivity contribution in [1.29, 1.82) is 0 Å². The number of nitrogens with one attached hydrogen (secondary N) is 1. The van der Waals surface area contributed by atoms with Crippen LogP contribution in [0.3, 0.4) is 0 Å². The van der Waals surface area contributed by atoms with E-state index in [1.165, 1.54) is 13.4 Å². The van der Waals surface area contributed by atoms with Gasteiger partial charge in [-0.2, -0.15) is 13.2 Å². The fourth-order valence-corrected chi connectivity index (χ4v) is 3.68. The number of morpholine rings is 1. The first kappa shape index (κ1) is 18.7. The van der Waals surface area contributed by atoms with Crippen molar-refractivity contribution in [2.24, 2.45) is 0 Å². The molecule has 148 valence electrons. The van der Waals surface area contributed by atoms with Gasteiger partial charge >= 0.3 is 6.18 Å². The third kappa shape index (κ3) is 3.67. The number of nitrogens with zero attached hydrogens (tertiary/aromatic N) is 4. The molecule has 3 heterocycles. The maximum absolute atomic E-state index is 12.8. The zero-order chi connectivity index (χ0) is 19.7. The van der Waals surface area contributed by atoms with Gasteiger partial charge in [-0.3, -0.25) is 0 Å². The van der Waals surface area contributed by atoms with E-state index in [1.54, 1.807) is 0 Å². The van der Waals surface area contributed by atoms with Crippen LogP contribution >= 0.6 is 11.3 Å². The zero-order valence-corrected chi connectivity index (χ0v) is 15.6. The third-order valence-corrected chi connectivity index (χ3v) is 5.06. The zero-order valence-electron chi connectivity index (χ0n) is 14.8. The highest BCUT2D eigenvalue weighted by molar-refractivity contribution is 7.13. The van der Waals surface area contributed by atoms with E-state index in [0.717, 1.165) is 35.5 Å². The molecule has 0 bridgehead atoms. The largest absolute Gasteiger partial charge is 0.496 e. The second-order valence-corrected chi connectivity index (χ2v) is 6.88. The van der Waals surface area contributed by atoms with Crippen LogP contribution in [0.2, 0.25) is 0 Å². The number of thiazole rings is 1. The molecule has 0 amide bonds. The summed E-state index contributed by atoms with van der Waals surface area (Å²) in [7, 11) is 1.53. The van der Waals surface area contributed by atoms with Gasteiger partial charge in [-0.15, -0.1) is 11.3 Å². The van der Waals surface area contributed by atoms with E-state index in [1.807, 2.05) is 12.1 Å². The summed E-state index contributed by atoms with van der Waals surface area (Å²) >= 11 is 0.854. The fraction of sp³-hybridized carbons (Fsp3) is 0.353. The Hall–Kier alpha value is -2.66. The number of ether oxygens (including phenoxy) is 2. The number of anilines is 3. The summed E-state index contributed by atoms with van der Waals surface area (Å²) in [6.45, 7) is 2.79. The highest BCUT2D eigenvalue weighted by atomic mass is 32.1. The Labute approximate surface area is 162 Å². The number of halogens is 3. The molecule has 1 aliphatic rings. The minimum Gasteiger partial charge on any atom is -0.496 e. The molecule has 4 rings (SSSR count). The second-order valence-electron chi connectivity index (χ2n) is 6.02. The van der Waals surface area contributed by atoms with Crippen molar-refractivity contribution in [2.75, 3.05) is 43.6 Å². The maximum atomic E-state index is 12.8. The molecule has 11 heteroatoms. The summed E-state index contributed by atoms with van der Waals surface area (Å²) in [5.41, 5.74) is 0.608. The molecule has 1 N–H and O–H groups in total. The number of aromatic nitrogens is 3. The molecule has 0 spiro atoms. The van der Waals surface area contributed by atoms with Crippen molar-refractivity contribution in [3.63, 3.8) is 0 Å². The van der Waals surface area contributed by atoms with Crippen molar-refractivity contribution >= 4 is 38.9 Å². The van der Waals surface area contributed by atoms with Crippen LogP contribution in [0.15, 0.2) is 23.8 Å². The van der Waals surface area contributed by atoms with Crippen LogP contribution in [0, 0.1) is 0 Å². The Balaban J connectivity index is 1.72. The molecule has 1 saturated heterocycles. The predicted molar refractivity (Wildman–Crippen MR) is 99.5 cm³/mol. The molecular formula is C17H16F3N5O2S. The van der Waals surface area contributed by atoms with Gasteiger partial charge in [0.15, 0.2) is 10.8 Å². The highest BCUT2D eigenvalue weighted by Crippen LogP contribution is 2.37. The van der Waals surface area contributed by atoms with Gasteiger partial charge < -0.3 is 19.7 Å². The first-order valence-electron chi connectivity index (χ1n) is 8.41. The normalized spacial score (nSPS) is 15.1. The maximum Gasteiger partial charge on any atom is 0.434 e. The molecule has 1 fully saturated rings. The minimum absolute atomic E-state index is 0.0895. The number of benzene rings is 1. The van der Waals surface area contributed by atoms with Crippen molar-refractivity contribution in [3.05, 3.63) is 29.5 Å². The Kier molecular flexibility index (Phi) is 4.94. The molecule has 1 aliphatic heterocycles. The SMILES string of the molecule is COc1cc(N2CCOCC2)cc2ncnc(Nc3nc(C(F)(F)F)cs3)c12. The van der Waals surface area contributed by atoms with Crippen LogP contribution in [0.4, 0.5) is 29.8 Å². The summed E-state index contributed by atoms with van der Waals surface area (Å²) in [6, 6.07) is 3.77. The van der Waals surface area contributed by atoms with Crippen molar-refractivity contribution in [2.45, 2.75) is 6.18 Å². The number of alkyl halides is 3. The molecule has 0 saturated carbocycles. The molecule has 0 radical (unpaired) electrons. The average molecular weight is 411 g/mol. The highest BCUT2D eigenvalue weighted by Gasteiger charge is 2.33. The van der Waals surface area contributed by atoms with Gasteiger partial charge in [0.1, 0.15) is 17.9 Å². The standard InChI is InChI=1S/C17H16F3N5O2S/c1-26-12-7-10(25-2-4-27-5-3-25)6-11-14(12)15(22-9-21-11)24-16-23-13(8-28-16)17(18,19)20/h6-9H,2-5H2,1H3,(H,21,22,23,24). The summed E-state index contributed by atoms with van der Waals surface area (Å²) in [5.74, 6) is 0.855. The summed E-state index contributed by atoms with van der Waals surface area (Å²) in [5, 5.41) is 4.48. The Morgan fingerprint density at radius 1 is 1.21 bits per heavy atom. The fourth-order valence-electron chi connectivity index (χ4n) is 2.96. The van der Waals surface area contributed by atoms with Crippen molar-refractivity contribution in [1.82, 2.24) is 15.0 Å². The quantitative estimate of drug-likeness (QED) is 0.702. The second kappa shape index (κ2) is 7.40. The average Bonchev–Trinajstić information content (AvgIpc) is 3.17. The number of fused-ring (bicyclic) bond motifs is 1. The van der Waals surface area contributed by atoms with E-state index < -0.39 is 11.9 Å². The van der Waals surface area contributed by atoms with Gasteiger partial charge in [-0.25, -0.2) is 15.0 Å². The molecule has 3 aromatic rings. The lowest BCUT2D eigenvalue weighted by Crippen LogP contribution is -2.36. The van der Waals surface area contributed by atoms with Gasteiger partial charge in [0.05, 0.1) is 31.2 Å². The lowest BCUT2D eigenvalue weighted by Gasteiger charge is -2.29. The lowest BCUT2D eigenvalue weighted by molar-refractivity contribution is -0.140. The molecular weight excluding hydrogens is 395 g/mol. The molecule has 0 unspecified atom stereocenters. The summed E-state index contributed by atoms with van der Waals surface area (Å²) < 4.78 is 49.3. The van der Waals surface area contributed by atoms with E-state index in [4.69, 9.17) is 9.47 Å². The smallest absolute Gasteiger partial charge is 0.434 e. The number of hydrogen-bond acceptors (Lipinski definition) is 8. The van der Waals surface area contributed by atoms with Crippen LogP contribution < -0.4 is 15.0 Å². The van der Waals surface area contributed by atoms with E-state index >= 15 is 0 Å². The van der Waals surface area contributed by atoms with Crippen LogP contribution in [0.25, 0.3) is 10.9 Å². The van der Waals surface area contributed by atoms with E-state index in [0.29, 0.717) is 35.7 Å². The number of methoxy groups -OCH3 is 1. The molecule has 2 aromatic heterocycles. The lowest BCUT2D eigenvalue weighted by atomic mass is 10.1. The number of rotatable bonds is 4. The first-order chi connectivity index (χ1) is 13.5. The Bertz CT molecular complexity index is 989. The van der Waals surface area contributed by atoms with Gasteiger partial charge in [-0.05, 0) is 6.07 Å². The van der Waals surface area contributed by atoms with Crippen LogP contribution in [-0.4, -0.2) is 48.4 Å². The topological polar surface area (TPSA) is 72.4 Å². The third-order valence-electron chi connectivity index (χ3n) is 4.30. The van der Waals surface area contributed by atoms with Gasteiger partial charge in [0.2, 0.25) is 0 Å². The summed E-state index contributed by atoms with van der Waals surface area (Å²) in [6.07, 6.45) is -3.14. The molecule has 0 atom stereocenters. The Morgan fingerprint density at radius 3 is 2.68 bits per heavy atom. The van der Waals surface area contributed by atoms with Gasteiger partial charge in [0.25, 0.3) is 0 Å². The molecule has 0 aliphatic carbocycles. The van der Waals surface area contributed by atoms with Gasteiger partial charge in [-0.1, -0.05) is 0 Å². The van der Waals surface area contributed by atoms with Crippen molar-refractivity contribution < 1.29 is 22.6 Å². The van der Waals surface area contributed by atoms with Gasteiger partial charge in [0, 0.05) is 30.2 Å². The monoisotopic (exact) mass is 411 g/mol. The van der Waals surface area contributed by atoms with E-state index in [2.05, 4.69) is 25.2 Å². The Morgan fingerprint density at radius 2 is 2.00 bits per heavy atom. The van der Waals surface area contributed by atoms with Crippen LogP contribution in [0.5, 0.6) is 5.75 Å². The predicted octanol–water partition coefficient (Wildman–Crippen LogP) is 3.69. The summed E-state index contributed by atoms with van der Waals surface area (Å²) in [4.78, 5) is 14.2. The van der Waals surface area contributed by atoms with E-state index in [9.17, 15) is 13.2 Å². The van der Waals surface area contributed by atoms with Crippen LogP contribution in [0.1, 0.15) is 5.69 Å².